The summed E-state index contributed by atoms with van der Waals surface area (Å²) < 4.78 is 0. The number of fused-ring (bicyclic) bond motifs is 1. The standard InChI is InChI=1S/C12H11N3O2/c1-9(15(16)17)8-13-12-7-6-10-4-2-3-5-11(10)14-12/h2-8H,1H3,(H,13,14). The molecule has 0 aliphatic rings. The first-order chi connectivity index (χ1) is 8.16. The number of aromatic nitrogens is 1. The Morgan fingerprint density at radius 1 is 1.35 bits per heavy atom. The fourth-order valence-electron chi connectivity index (χ4n) is 1.38. The summed E-state index contributed by atoms with van der Waals surface area (Å²) in [5.41, 5.74) is 0.893. The normalized spacial score (nSPS) is 11.5. The van der Waals surface area contributed by atoms with Gasteiger partial charge < -0.3 is 5.32 Å². The number of hydrogen-bond acceptors (Lipinski definition) is 4. The fraction of sp³-hybridized carbons (Fsp3) is 0.0833. The van der Waals surface area contributed by atoms with E-state index in [9.17, 15) is 10.1 Å². The molecule has 0 saturated heterocycles. The summed E-state index contributed by atoms with van der Waals surface area (Å²) in [4.78, 5) is 14.3. The first-order valence-electron chi connectivity index (χ1n) is 5.10. The fourth-order valence-corrected chi connectivity index (χ4v) is 1.38. The van der Waals surface area contributed by atoms with Crippen LogP contribution in [0, 0.1) is 10.1 Å². The maximum absolute atomic E-state index is 10.4. The van der Waals surface area contributed by atoms with E-state index < -0.39 is 4.92 Å². The Morgan fingerprint density at radius 3 is 2.88 bits per heavy atom. The third-order valence-electron chi connectivity index (χ3n) is 2.32. The summed E-state index contributed by atoms with van der Waals surface area (Å²) in [6.07, 6.45) is 1.33. The minimum Gasteiger partial charge on any atom is -0.341 e. The van der Waals surface area contributed by atoms with Gasteiger partial charge in [-0.15, -0.1) is 0 Å². The molecule has 1 aromatic heterocycles. The molecule has 1 heterocycles. The highest BCUT2D eigenvalue weighted by atomic mass is 16.6. The summed E-state index contributed by atoms with van der Waals surface area (Å²) in [6, 6.07) is 11.4. The lowest BCUT2D eigenvalue weighted by atomic mass is 10.2. The summed E-state index contributed by atoms with van der Waals surface area (Å²) in [5, 5.41) is 14.2. The number of nitrogens with zero attached hydrogens (tertiary/aromatic N) is 2. The molecule has 0 spiro atoms. The van der Waals surface area contributed by atoms with Crippen LogP contribution in [-0.2, 0) is 0 Å². The zero-order valence-corrected chi connectivity index (χ0v) is 9.25. The molecule has 17 heavy (non-hydrogen) atoms. The van der Waals surface area contributed by atoms with E-state index in [1.807, 2.05) is 30.3 Å². The van der Waals surface area contributed by atoms with Gasteiger partial charge in [-0.3, -0.25) is 10.1 Å². The van der Waals surface area contributed by atoms with Gasteiger partial charge in [0, 0.05) is 12.3 Å². The molecule has 0 aliphatic carbocycles. The first-order valence-corrected chi connectivity index (χ1v) is 5.10. The molecule has 0 amide bonds. The molecule has 86 valence electrons. The highest BCUT2D eigenvalue weighted by molar-refractivity contribution is 5.80. The number of benzene rings is 1. The van der Waals surface area contributed by atoms with Crippen LogP contribution >= 0.6 is 0 Å². The van der Waals surface area contributed by atoms with Crippen molar-refractivity contribution in [2.24, 2.45) is 0 Å². The molecule has 0 saturated carbocycles. The number of pyridine rings is 1. The largest absolute Gasteiger partial charge is 0.341 e. The Bertz CT molecular complexity index is 593. The topological polar surface area (TPSA) is 68.1 Å². The van der Waals surface area contributed by atoms with Crippen molar-refractivity contribution >= 4 is 16.7 Å². The van der Waals surface area contributed by atoms with Gasteiger partial charge in [-0.25, -0.2) is 4.98 Å². The smallest absolute Gasteiger partial charge is 0.259 e. The van der Waals surface area contributed by atoms with Gasteiger partial charge in [0.1, 0.15) is 5.82 Å². The quantitative estimate of drug-likeness (QED) is 0.649. The van der Waals surface area contributed by atoms with Crippen molar-refractivity contribution in [3.8, 4) is 0 Å². The molecule has 0 bridgehead atoms. The number of nitro groups is 1. The van der Waals surface area contributed by atoms with Gasteiger partial charge in [0.15, 0.2) is 0 Å². The summed E-state index contributed by atoms with van der Waals surface area (Å²) in [7, 11) is 0. The van der Waals surface area contributed by atoms with Crippen LogP contribution in [0.25, 0.3) is 10.9 Å². The van der Waals surface area contributed by atoms with E-state index in [1.54, 1.807) is 6.07 Å². The molecule has 1 N–H and O–H groups in total. The van der Waals surface area contributed by atoms with Gasteiger partial charge >= 0.3 is 0 Å². The molecule has 5 nitrogen and oxygen atoms in total. The molecule has 0 unspecified atom stereocenters. The summed E-state index contributed by atoms with van der Waals surface area (Å²) in [6.45, 7) is 1.42. The van der Waals surface area contributed by atoms with Crippen LogP contribution in [0.5, 0.6) is 0 Å². The molecule has 0 fully saturated rings. The van der Waals surface area contributed by atoms with Crippen LogP contribution in [0.3, 0.4) is 0 Å². The number of allylic oxidation sites excluding steroid dienone is 1. The van der Waals surface area contributed by atoms with Gasteiger partial charge in [-0.05, 0) is 18.2 Å². The molecule has 0 radical (unpaired) electrons. The van der Waals surface area contributed by atoms with E-state index in [-0.39, 0.29) is 5.70 Å². The SMILES string of the molecule is CC(=CNc1ccc2ccccc2n1)[N+](=O)[O-]. The van der Waals surface area contributed by atoms with E-state index in [1.165, 1.54) is 13.1 Å². The number of rotatable bonds is 3. The molecule has 5 heteroatoms. The van der Waals surface area contributed by atoms with Gasteiger partial charge in [0.25, 0.3) is 5.70 Å². The molecule has 1 aromatic carbocycles. The Kier molecular flexibility index (Phi) is 3.00. The van der Waals surface area contributed by atoms with Crippen LogP contribution in [0.2, 0.25) is 0 Å². The van der Waals surface area contributed by atoms with Crippen molar-refractivity contribution in [2.45, 2.75) is 6.92 Å². The number of hydrogen-bond donors (Lipinski definition) is 1. The lowest BCUT2D eigenvalue weighted by molar-refractivity contribution is -0.424. The Morgan fingerprint density at radius 2 is 2.12 bits per heavy atom. The highest BCUT2D eigenvalue weighted by Crippen LogP contribution is 2.14. The van der Waals surface area contributed by atoms with Crippen molar-refractivity contribution in [2.75, 3.05) is 5.32 Å². The van der Waals surface area contributed by atoms with E-state index in [2.05, 4.69) is 10.3 Å². The van der Waals surface area contributed by atoms with Crippen LogP contribution < -0.4 is 5.32 Å². The number of nitrogens with one attached hydrogen (secondary N) is 1. The molecule has 0 aliphatic heterocycles. The van der Waals surface area contributed by atoms with Crippen molar-refractivity contribution in [3.05, 3.63) is 58.4 Å². The lowest BCUT2D eigenvalue weighted by Gasteiger charge is -2.01. The Balaban J connectivity index is 2.25. The maximum Gasteiger partial charge on any atom is 0.259 e. The maximum atomic E-state index is 10.4. The third kappa shape index (κ3) is 2.57. The summed E-state index contributed by atoms with van der Waals surface area (Å²) >= 11 is 0. The minimum atomic E-state index is -0.450. The van der Waals surface area contributed by atoms with E-state index >= 15 is 0 Å². The zero-order chi connectivity index (χ0) is 12.3. The lowest BCUT2D eigenvalue weighted by Crippen LogP contribution is -1.99. The Labute approximate surface area is 97.9 Å². The second kappa shape index (κ2) is 4.61. The van der Waals surface area contributed by atoms with Crippen LogP contribution in [0.4, 0.5) is 5.82 Å². The van der Waals surface area contributed by atoms with Gasteiger partial charge in [0.2, 0.25) is 0 Å². The van der Waals surface area contributed by atoms with Crippen molar-refractivity contribution in [1.29, 1.82) is 0 Å². The molecular weight excluding hydrogens is 218 g/mol. The minimum absolute atomic E-state index is 0.0416. The summed E-state index contributed by atoms with van der Waals surface area (Å²) in [5.74, 6) is 0.588. The van der Waals surface area contributed by atoms with E-state index in [4.69, 9.17) is 0 Å². The third-order valence-corrected chi connectivity index (χ3v) is 2.32. The van der Waals surface area contributed by atoms with Gasteiger partial charge in [-0.1, -0.05) is 18.2 Å². The first kappa shape index (κ1) is 11.1. The second-order valence-electron chi connectivity index (χ2n) is 3.58. The second-order valence-corrected chi connectivity index (χ2v) is 3.58. The van der Waals surface area contributed by atoms with E-state index in [0.29, 0.717) is 5.82 Å². The predicted molar refractivity (Wildman–Crippen MR) is 66.1 cm³/mol. The highest BCUT2D eigenvalue weighted by Gasteiger charge is 2.01. The van der Waals surface area contributed by atoms with Crippen molar-refractivity contribution < 1.29 is 4.92 Å². The molecule has 0 atom stereocenters. The van der Waals surface area contributed by atoms with E-state index in [0.717, 1.165) is 10.9 Å². The van der Waals surface area contributed by atoms with Crippen molar-refractivity contribution in [3.63, 3.8) is 0 Å². The average molecular weight is 229 g/mol. The molecular formula is C12H11N3O2. The van der Waals surface area contributed by atoms with Crippen LogP contribution in [0.1, 0.15) is 6.92 Å². The van der Waals surface area contributed by atoms with Gasteiger partial charge in [0.05, 0.1) is 16.6 Å². The predicted octanol–water partition coefficient (Wildman–Crippen LogP) is 2.78. The monoisotopic (exact) mass is 229 g/mol. The molecule has 2 rings (SSSR count). The average Bonchev–Trinajstić information content (AvgIpc) is 2.35. The van der Waals surface area contributed by atoms with Crippen LogP contribution in [0.15, 0.2) is 48.3 Å². The van der Waals surface area contributed by atoms with Crippen LogP contribution in [-0.4, -0.2) is 9.91 Å². The number of para-hydroxylation sites is 1. The Hall–Kier alpha value is -2.43. The zero-order valence-electron chi connectivity index (χ0n) is 9.25. The molecule has 2 aromatic rings. The van der Waals surface area contributed by atoms with Crippen molar-refractivity contribution in [1.82, 2.24) is 4.98 Å². The number of anilines is 1. The van der Waals surface area contributed by atoms with Gasteiger partial charge in [-0.2, -0.15) is 0 Å².